The molecule has 0 amide bonds. The molecule has 10 rings (SSSR count). The van der Waals surface area contributed by atoms with Crippen molar-refractivity contribution in [2.75, 3.05) is 0 Å². The number of thiophene rings is 1. The van der Waals surface area contributed by atoms with Crippen LogP contribution in [-0.4, -0.2) is 9.97 Å². The Bertz CT molecular complexity index is 2520. The molecule has 2 heterocycles. The van der Waals surface area contributed by atoms with Crippen LogP contribution in [0, 0.1) is 0 Å². The molecule has 234 valence electrons. The Morgan fingerprint density at radius 2 is 1.12 bits per heavy atom. The molecule has 0 saturated heterocycles. The van der Waals surface area contributed by atoms with Gasteiger partial charge in [0, 0.05) is 26.6 Å². The second-order valence-corrected chi connectivity index (χ2v) is 14.7. The van der Waals surface area contributed by atoms with E-state index >= 15 is 0 Å². The van der Waals surface area contributed by atoms with Gasteiger partial charge in [0.25, 0.3) is 0 Å². The summed E-state index contributed by atoms with van der Waals surface area (Å²) in [5.41, 5.74) is 15.1. The first kappa shape index (κ1) is 28.6. The van der Waals surface area contributed by atoms with Crippen molar-refractivity contribution < 1.29 is 0 Å². The summed E-state index contributed by atoms with van der Waals surface area (Å²) in [7, 11) is 0. The zero-order valence-corrected chi connectivity index (χ0v) is 28.0. The molecule has 1 fully saturated rings. The zero-order valence-electron chi connectivity index (χ0n) is 27.2. The molecule has 0 N–H and O–H groups in total. The van der Waals surface area contributed by atoms with E-state index in [4.69, 9.17) is 9.97 Å². The fourth-order valence-electron chi connectivity index (χ4n) is 8.53. The highest BCUT2D eigenvalue weighted by atomic mass is 32.1. The number of hydrogen-bond donors (Lipinski definition) is 0. The third-order valence-corrected chi connectivity index (χ3v) is 12.1. The predicted octanol–water partition coefficient (Wildman–Crippen LogP) is 12.7. The van der Waals surface area contributed by atoms with Gasteiger partial charge in [-0.25, -0.2) is 9.97 Å². The van der Waals surface area contributed by atoms with Crippen LogP contribution in [0.1, 0.15) is 43.2 Å². The molecule has 2 aromatic heterocycles. The van der Waals surface area contributed by atoms with Crippen LogP contribution < -0.4 is 0 Å². The summed E-state index contributed by atoms with van der Waals surface area (Å²) in [6, 6.07) is 53.1. The summed E-state index contributed by atoms with van der Waals surface area (Å²) in [5.74, 6) is 0.755. The monoisotopic (exact) mass is 646 g/mol. The maximum absolute atomic E-state index is 5.33. The second-order valence-electron chi connectivity index (χ2n) is 13.6. The van der Waals surface area contributed by atoms with Gasteiger partial charge in [-0.2, -0.15) is 0 Å². The van der Waals surface area contributed by atoms with Gasteiger partial charge < -0.3 is 0 Å². The topological polar surface area (TPSA) is 25.8 Å². The Labute approximate surface area is 290 Å². The van der Waals surface area contributed by atoms with Gasteiger partial charge in [0.05, 0.1) is 15.9 Å². The minimum Gasteiger partial charge on any atom is -0.226 e. The average molecular weight is 647 g/mol. The highest BCUT2D eigenvalue weighted by Crippen LogP contribution is 2.56. The van der Waals surface area contributed by atoms with Gasteiger partial charge in [0.2, 0.25) is 0 Å². The quantitative estimate of drug-likeness (QED) is 0.190. The second kappa shape index (κ2) is 11.4. The van der Waals surface area contributed by atoms with E-state index in [0.29, 0.717) is 0 Å². The van der Waals surface area contributed by atoms with Crippen molar-refractivity contribution >= 4 is 31.6 Å². The summed E-state index contributed by atoms with van der Waals surface area (Å²) in [6.07, 6.45) is 6.40. The van der Waals surface area contributed by atoms with E-state index in [2.05, 4.69) is 146 Å². The molecule has 1 spiro atoms. The summed E-state index contributed by atoms with van der Waals surface area (Å²) in [5, 5.41) is 1.18. The van der Waals surface area contributed by atoms with E-state index in [1.165, 1.54) is 86.7 Å². The van der Waals surface area contributed by atoms with E-state index in [1.54, 1.807) is 11.3 Å². The molecule has 6 aromatic carbocycles. The van der Waals surface area contributed by atoms with Crippen molar-refractivity contribution in [3.05, 3.63) is 157 Å². The van der Waals surface area contributed by atoms with Gasteiger partial charge in [-0.3, -0.25) is 0 Å². The molecular formula is C46H34N2S. The van der Waals surface area contributed by atoms with Gasteiger partial charge in [-0.1, -0.05) is 147 Å². The summed E-state index contributed by atoms with van der Waals surface area (Å²) < 4.78 is 2.37. The van der Waals surface area contributed by atoms with Gasteiger partial charge in [-0.15, -0.1) is 11.3 Å². The summed E-state index contributed by atoms with van der Waals surface area (Å²) >= 11 is 1.79. The molecule has 3 heteroatoms. The fraction of sp³-hybridized carbons (Fsp3) is 0.130. The Morgan fingerprint density at radius 1 is 0.469 bits per heavy atom. The lowest BCUT2D eigenvalue weighted by molar-refractivity contribution is 0.353. The molecule has 0 bridgehead atoms. The van der Waals surface area contributed by atoms with Gasteiger partial charge in [0.1, 0.15) is 0 Å². The Morgan fingerprint density at radius 3 is 2.00 bits per heavy atom. The van der Waals surface area contributed by atoms with Crippen molar-refractivity contribution in [3.8, 4) is 56.0 Å². The molecule has 0 atom stereocenters. The lowest BCUT2D eigenvalue weighted by atomic mass is 9.67. The number of benzene rings is 6. The fourth-order valence-corrected chi connectivity index (χ4v) is 9.69. The van der Waals surface area contributed by atoms with Crippen molar-refractivity contribution in [3.63, 3.8) is 0 Å². The van der Waals surface area contributed by atoms with Crippen molar-refractivity contribution in [2.24, 2.45) is 0 Å². The largest absolute Gasteiger partial charge is 0.226 e. The molecule has 0 aliphatic heterocycles. The lowest BCUT2D eigenvalue weighted by Crippen LogP contribution is -2.28. The van der Waals surface area contributed by atoms with Crippen LogP contribution in [-0.2, 0) is 5.41 Å². The normalized spacial score (nSPS) is 14.7. The van der Waals surface area contributed by atoms with E-state index in [-0.39, 0.29) is 5.41 Å². The van der Waals surface area contributed by atoms with Gasteiger partial charge in [-0.05, 0) is 75.5 Å². The molecule has 2 nitrogen and oxygen atoms in total. The number of aromatic nitrogens is 2. The molecule has 2 aliphatic carbocycles. The third kappa shape index (κ3) is 4.60. The SMILES string of the molecule is c1ccc(-c2ccc(-c3nc(-c4cccc(-c5ccc6c(c5)C5(CCCCC5)c5ccccc5-6)c4)c4sc5ccccc5c4n3)cc2)cc1. The summed E-state index contributed by atoms with van der Waals surface area (Å²) in [4.78, 5) is 10.5. The maximum Gasteiger partial charge on any atom is 0.160 e. The van der Waals surface area contributed by atoms with Crippen LogP contribution in [0.3, 0.4) is 0 Å². The van der Waals surface area contributed by atoms with Crippen molar-refractivity contribution in [1.82, 2.24) is 9.97 Å². The molecule has 0 unspecified atom stereocenters. The molecule has 0 radical (unpaired) electrons. The van der Waals surface area contributed by atoms with E-state index in [1.807, 2.05) is 0 Å². The first-order valence-electron chi connectivity index (χ1n) is 17.5. The Kier molecular flexibility index (Phi) is 6.63. The standard InChI is InChI=1S/C46H34N2S/c1-3-12-30(13-4-1)31-20-22-32(23-21-31)45-47-42(44-43(48-45)38-17-6-8-19-41(38)49-44)35-15-11-14-33(28-35)34-24-25-37-36-16-5-7-18-39(36)46(40(37)29-34)26-9-2-10-27-46/h1,3-8,11-25,28-29H,2,9-10,26-27H2. The number of rotatable bonds is 4. The van der Waals surface area contributed by atoms with E-state index in [9.17, 15) is 0 Å². The van der Waals surface area contributed by atoms with Gasteiger partial charge >= 0.3 is 0 Å². The van der Waals surface area contributed by atoms with Crippen LogP contribution in [0.25, 0.3) is 76.3 Å². The van der Waals surface area contributed by atoms with Crippen molar-refractivity contribution in [2.45, 2.75) is 37.5 Å². The molecule has 8 aromatic rings. The van der Waals surface area contributed by atoms with E-state index in [0.717, 1.165) is 32.9 Å². The summed E-state index contributed by atoms with van der Waals surface area (Å²) in [6.45, 7) is 0. The first-order chi connectivity index (χ1) is 24.2. The van der Waals surface area contributed by atoms with Crippen LogP contribution >= 0.6 is 11.3 Å². The zero-order chi connectivity index (χ0) is 32.4. The minimum absolute atomic E-state index is 0.138. The van der Waals surface area contributed by atoms with Crippen LogP contribution in [0.2, 0.25) is 0 Å². The Hall–Kier alpha value is -5.38. The van der Waals surface area contributed by atoms with Crippen LogP contribution in [0.5, 0.6) is 0 Å². The first-order valence-corrected chi connectivity index (χ1v) is 18.3. The minimum atomic E-state index is 0.138. The lowest BCUT2D eigenvalue weighted by Gasteiger charge is -2.36. The molecule has 1 saturated carbocycles. The van der Waals surface area contributed by atoms with Gasteiger partial charge in [0.15, 0.2) is 5.82 Å². The molecule has 2 aliphatic rings. The van der Waals surface area contributed by atoms with Crippen LogP contribution in [0.4, 0.5) is 0 Å². The third-order valence-electron chi connectivity index (χ3n) is 10.9. The Balaban J connectivity index is 1.11. The predicted molar refractivity (Wildman–Crippen MR) is 206 cm³/mol. The average Bonchev–Trinajstić information content (AvgIpc) is 3.68. The molecular weight excluding hydrogens is 613 g/mol. The van der Waals surface area contributed by atoms with Crippen molar-refractivity contribution in [1.29, 1.82) is 0 Å². The number of fused-ring (bicyclic) bond motifs is 8. The number of nitrogens with zero attached hydrogens (tertiary/aromatic N) is 2. The molecule has 49 heavy (non-hydrogen) atoms. The smallest absolute Gasteiger partial charge is 0.160 e. The van der Waals surface area contributed by atoms with Crippen LogP contribution in [0.15, 0.2) is 146 Å². The van der Waals surface area contributed by atoms with E-state index < -0.39 is 0 Å². The highest BCUT2D eigenvalue weighted by Gasteiger charge is 2.43. The highest BCUT2D eigenvalue weighted by molar-refractivity contribution is 7.26. The number of hydrogen-bond acceptors (Lipinski definition) is 3. The maximum atomic E-state index is 5.33.